The first-order valence-electron chi connectivity index (χ1n) is 6.11. The third-order valence-corrected chi connectivity index (χ3v) is 4.23. The van der Waals surface area contributed by atoms with Gasteiger partial charge in [0.2, 0.25) is 0 Å². The van der Waals surface area contributed by atoms with Crippen molar-refractivity contribution < 1.29 is 4.74 Å². The van der Waals surface area contributed by atoms with Gasteiger partial charge in [-0.3, -0.25) is 0 Å². The van der Waals surface area contributed by atoms with Gasteiger partial charge in [-0.2, -0.15) is 0 Å². The van der Waals surface area contributed by atoms with E-state index in [1.807, 2.05) is 6.07 Å². The Morgan fingerprint density at radius 1 is 1.47 bits per heavy atom. The van der Waals surface area contributed by atoms with E-state index in [0.717, 1.165) is 16.8 Å². The molecule has 1 fully saturated rings. The van der Waals surface area contributed by atoms with Gasteiger partial charge in [0.15, 0.2) is 0 Å². The second kappa shape index (κ2) is 4.99. The normalized spacial score (nSPS) is 18.8. The van der Waals surface area contributed by atoms with Crippen molar-refractivity contribution in [2.45, 2.75) is 32.7 Å². The summed E-state index contributed by atoms with van der Waals surface area (Å²) in [6.07, 6.45) is 2.72. The van der Waals surface area contributed by atoms with Gasteiger partial charge in [0, 0.05) is 12.6 Å². The molecule has 0 saturated heterocycles. The summed E-state index contributed by atoms with van der Waals surface area (Å²) in [5.74, 6) is 0.884. The zero-order valence-corrected chi connectivity index (χ0v) is 12.3. The molecule has 0 heterocycles. The Morgan fingerprint density at radius 3 is 2.71 bits per heavy atom. The van der Waals surface area contributed by atoms with Crippen LogP contribution in [0.4, 0.5) is 0 Å². The number of ether oxygens (including phenoxy) is 1. The summed E-state index contributed by atoms with van der Waals surface area (Å²) >= 11 is 3.53. The van der Waals surface area contributed by atoms with E-state index in [2.05, 4.69) is 47.2 Å². The first-order valence-corrected chi connectivity index (χ1v) is 6.90. The maximum absolute atomic E-state index is 5.24. The second-order valence-corrected chi connectivity index (χ2v) is 6.16. The van der Waals surface area contributed by atoms with Crippen LogP contribution in [0.3, 0.4) is 0 Å². The fourth-order valence-electron chi connectivity index (χ4n) is 1.86. The molecule has 1 saturated carbocycles. The van der Waals surface area contributed by atoms with Crippen LogP contribution in [-0.4, -0.2) is 13.7 Å². The van der Waals surface area contributed by atoms with Crippen LogP contribution >= 0.6 is 15.9 Å². The van der Waals surface area contributed by atoms with Crippen molar-refractivity contribution in [2.75, 3.05) is 13.7 Å². The van der Waals surface area contributed by atoms with Gasteiger partial charge in [0.25, 0.3) is 0 Å². The predicted octanol–water partition coefficient (Wildman–Crippen LogP) is 3.91. The number of rotatable bonds is 5. The topological polar surface area (TPSA) is 21.3 Å². The highest BCUT2D eigenvalue weighted by atomic mass is 79.9. The molecule has 3 heteroatoms. The lowest BCUT2D eigenvalue weighted by Crippen LogP contribution is -2.25. The van der Waals surface area contributed by atoms with Crippen LogP contribution in [0.25, 0.3) is 0 Å². The first-order chi connectivity index (χ1) is 8.04. The van der Waals surface area contributed by atoms with Gasteiger partial charge < -0.3 is 10.1 Å². The van der Waals surface area contributed by atoms with Crippen molar-refractivity contribution in [2.24, 2.45) is 5.41 Å². The lowest BCUT2D eigenvalue weighted by Gasteiger charge is -2.18. The monoisotopic (exact) mass is 297 g/mol. The van der Waals surface area contributed by atoms with Crippen molar-refractivity contribution in [1.82, 2.24) is 5.32 Å². The van der Waals surface area contributed by atoms with Crippen LogP contribution in [-0.2, 0) is 0 Å². The molecule has 1 N–H and O–H groups in total. The maximum Gasteiger partial charge on any atom is 0.133 e. The summed E-state index contributed by atoms with van der Waals surface area (Å²) in [5.41, 5.74) is 1.85. The fraction of sp³-hybridized carbons (Fsp3) is 0.571. The quantitative estimate of drug-likeness (QED) is 0.890. The molecule has 2 rings (SSSR count). The minimum Gasteiger partial charge on any atom is -0.496 e. The summed E-state index contributed by atoms with van der Waals surface area (Å²) in [4.78, 5) is 0. The molecular formula is C14H20BrNO. The molecule has 17 heavy (non-hydrogen) atoms. The molecule has 0 radical (unpaired) electrons. The van der Waals surface area contributed by atoms with Gasteiger partial charge in [-0.1, -0.05) is 13.0 Å². The molecule has 0 aromatic heterocycles. The molecule has 0 spiro atoms. The zero-order valence-electron chi connectivity index (χ0n) is 10.7. The largest absolute Gasteiger partial charge is 0.496 e. The van der Waals surface area contributed by atoms with E-state index in [1.54, 1.807) is 7.11 Å². The summed E-state index contributed by atoms with van der Waals surface area (Å²) in [7, 11) is 1.69. The van der Waals surface area contributed by atoms with E-state index in [0.29, 0.717) is 11.5 Å². The highest BCUT2D eigenvalue weighted by molar-refractivity contribution is 9.10. The van der Waals surface area contributed by atoms with Gasteiger partial charge >= 0.3 is 0 Å². The molecule has 0 aliphatic heterocycles. The third-order valence-electron chi connectivity index (χ3n) is 3.61. The highest BCUT2D eigenvalue weighted by Gasteiger charge is 2.36. The molecule has 1 aromatic rings. The minimum atomic E-state index is 0.384. The maximum atomic E-state index is 5.24. The Morgan fingerprint density at radius 2 is 2.18 bits per heavy atom. The fourth-order valence-corrected chi connectivity index (χ4v) is 2.42. The summed E-state index contributed by atoms with van der Waals surface area (Å²) in [6.45, 7) is 5.66. The summed E-state index contributed by atoms with van der Waals surface area (Å²) < 4.78 is 6.25. The molecule has 1 aliphatic rings. The Kier molecular flexibility index (Phi) is 3.79. The Bertz CT molecular complexity index is 401. The Hall–Kier alpha value is -0.540. The summed E-state index contributed by atoms with van der Waals surface area (Å²) in [5, 5.41) is 3.60. The van der Waals surface area contributed by atoms with E-state index in [-0.39, 0.29) is 0 Å². The molecule has 1 unspecified atom stereocenters. The third kappa shape index (κ3) is 3.23. The molecule has 0 amide bonds. The van der Waals surface area contributed by atoms with Crippen molar-refractivity contribution >= 4 is 15.9 Å². The smallest absolute Gasteiger partial charge is 0.133 e. The molecule has 2 nitrogen and oxygen atoms in total. The lowest BCUT2D eigenvalue weighted by molar-refractivity contribution is 0.411. The van der Waals surface area contributed by atoms with Crippen molar-refractivity contribution in [3.63, 3.8) is 0 Å². The van der Waals surface area contributed by atoms with Gasteiger partial charge in [-0.15, -0.1) is 0 Å². The van der Waals surface area contributed by atoms with Crippen LogP contribution in [0.2, 0.25) is 0 Å². The highest BCUT2D eigenvalue weighted by Crippen LogP contribution is 2.44. The molecule has 0 bridgehead atoms. The van der Waals surface area contributed by atoms with E-state index < -0.39 is 0 Å². The molecule has 1 aromatic carbocycles. The number of halogens is 1. The van der Waals surface area contributed by atoms with Gasteiger partial charge in [0.05, 0.1) is 11.6 Å². The number of hydrogen-bond donors (Lipinski definition) is 1. The summed E-state index contributed by atoms with van der Waals surface area (Å²) in [6, 6.07) is 6.65. The van der Waals surface area contributed by atoms with Crippen LogP contribution < -0.4 is 10.1 Å². The molecule has 94 valence electrons. The van der Waals surface area contributed by atoms with Crippen molar-refractivity contribution in [3.05, 3.63) is 28.2 Å². The standard InChI is InChI=1S/C14H20BrNO/c1-10(16-9-14(2)6-7-14)11-4-5-13(17-3)12(15)8-11/h4-5,8,10,16H,6-7,9H2,1-3H3. The van der Waals surface area contributed by atoms with E-state index in [9.17, 15) is 0 Å². The first kappa shape index (κ1) is 12.9. The lowest BCUT2D eigenvalue weighted by atomic mass is 10.1. The molecule has 1 atom stereocenters. The number of nitrogens with one attached hydrogen (secondary N) is 1. The van der Waals surface area contributed by atoms with E-state index >= 15 is 0 Å². The second-order valence-electron chi connectivity index (χ2n) is 5.31. The predicted molar refractivity (Wildman–Crippen MR) is 74.5 cm³/mol. The Balaban J connectivity index is 1.98. The Labute approximate surface area is 112 Å². The molecule has 1 aliphatic carbocycles. The van der Waals surface area contributed by atoms with Crippen molar-refractivity contribution in [1.29, 1.82) is 0 Å². The van der Waals surface area contributed by atoms with Crippen LogP contribution in [0, 0.1) is 5.41 Å². The number of hydrogen-bond acceptors (Lipinski definition) is 2. The van der Waals surface area contributed by atoms with Crippen molar-refractivity contribution in [3.8, 4) is 5.75 Å². The SMILES string of the molecule is COc1ccc(C(C)NCC2(C)CC2)cc1Br. The van der Waals surface area contributed by atoms with Gasteiger partial charge in [-0.25, -0.2) is 0 Å². The zero-order chi connectivity index (χ0) is 12.5. The van der Waals surface area contributed by atoms with Crippen LogP contribution in [0.15, 0.2) is 22.7 Å². The molecular weight excluding hydrogens is 278 g/mol. The minimum absolute atomic E-state index is 0.384. The van der Waals surface area contributed by atoms with E-state index in [1.165, 1.54) is 18.4 Å². The van der Waals surface area contributed by atoms with Gasteiger partial charge in [-0.05, 0) is 58.8 Å². The number of benzene rings is 1. The average molecular weight is 298 g/mol. The average Bonchev–Trinajstić information content (AvgIpc) is 3.05. The van der Waals surface area contributed by atoms with Crippen LogP contribution in [0.5, 0.6) is 5.75 Å². The van der Waals surface area contributed by atoms with Gasteiger partial charge in [0.1, 0.15) is 5.75 Å². The number of methoxy groups -OCH3 is 1. The van der Waals surface area contributed by atoms with Crippen LogP contribution in [0.1, 0.15) is 38.3 Å². The van der Waals surface area contributed by atoms with E-state index in [4.69, 9.17) is 4.74 Å².